The van der Waals surface area contributed by atoms with Crippen LogP contribution in [0.2, 0.25) is 5.02 Å². The van der Waals surface area contributed by atoms with Gasteiger partial charge in [0.05, 0.1) is 12.8 Å². The van der Waals surface area contributed by atoms with Gasteiger partial charge in [-0.2, -0.15) is 5.26 Å². The van der Waals surface area contributed by atoms with Gasteiger partial charge in [0.2, 0.25) is 0 Å². The highest BCUT2D eigenvalue weighted by Gasteiger charge is 2.13. The van der Waals surface area contributed by atoms with Crippen LogP contribution < -0.4 is 15.4 Å². The van der Waals surface area contributed by atoms with Gasteiger partial charge in [-0.3, -0.25) is 4.79 Å². The van der Waals surface area contributed by atoms with Gasteiger partial charge in [-0.25, -0.2) is 4.39 Å². The Morgan fingerprint density at radius 1 is 1.36 bits per heavy atom. The molecule has 0 atom stereocenters. The average molecular weight is 360 g/mol. The molecule has 2 rings (SSSR count). The van der Waals surface area contributed by atoms with Crippen molar-refractivity contribution in [3.63, 3.8) is 0 Å². The Morgan fingerprint density at radius 2 is 2.12 bits per heavy atom. The second kappa shape index (κ2) is 8.71. The first-order valence-corrected chi connectivity index (χ1v) is 7.65. The predicted octanol–water partition coefficient (Wildman–Crippen LogP) is 3.62. The molecule has 0 saturated heterocycles. The first kappa shape index (κ1) is 18.3. The minimum absolute atomic E-state index is 0.144. The van der Waals surface area contributed by atoms with Gasteiger partial charge < -0.3 is 15.4 Å². The van der Waals surface area contributed by atoms with Crippen LogP contribution in [0.1, 0.15) is 5.56 Å². The lowest BCUT2D eigenvalue weighted by Crippen LogP contribution is -2.17. The third kappa shape index (κ3) is 4.96. The monoisotopic (exact) mass is 359 g/mol. The van der Waals surface area contributed by atoms with E-state index in [9.17, 15) is 9.18 Å². The molecule has 0 aliphatic rings. The molecule has 0 aromatic heterocycles. The second-order valence-electron chi connectivity index (χ2n) is 4.94. The maximum absolute atomic E-state index is 13.5. The van der Waals surface area contributed by atoms with Gasteiger partial charge in [-0.05, 0) is 24.3 Å². The topological polar surface area (TPSA) is 74.1 Å². The Kier molecular flexibility index (Phi) is 6.38. The molecule has 0 saturated carbocycles. The number of rotatable bonds is 6. The number of carbonyl (C=O) groups is 1. The number of ether oxygens (including phenoxy) is 1. The molecule has 1 amide bonds. The molecule has 7 heteroatoms. The first-order valence-electron chi connectivity index (χ1n) is 7.27. The van der Waals surface area contributed by atoms with E-state index >= 15 is 0 Å². The van der Waals surface area contributed by atoms with Crippen LogP contribution in [-0.2, 0) is 11.3 Å². The van der Waals surface area contributed by atoms with Crippen molar-refractivity contribution >= 4 is 23.2 Å². The molecule has 0 bridgehead atoms. The molecular formula is C18H15ClFN3O2. The van der Waals surface area contributed by atoms with Gasteiger partial charge in [0.1, 0.15) is 23.2 Å². The number of benzene rings is 2. The van der Waals surface area contributed by atoms with E-state index in [1.165, 1.54) is 25.4 Å². The molecule has 2 aromatic rings. The molecule has 2 aromatic carbocycles. The van der Waals surface area contributed by atoms with Crippen LogP contribution in [0.5, 0.6) is 5.75 Å². The van der Waals surface area contributed by atoms with Gasteiger partial charge in [-0.1, -0.05) is 29.8 Å². The molecule has 2 N–H and O–H groups in total. The number of anilines is 1. The summed E-state index contributed by atoms with van der Waals surface area (Å²) in [7, 11) is 1.45. The number of amides is 1. The number of nitrogens with zero attached hydrogens (tertiary/aromatic N) is 1. The smallest absolute Gasteiger partial charge is 0.267 e. The largest absolute Gasteiger partial charge is 0.495 e. The molecule has 5 nitrogen and oxygen atoms in total. The van der Waals surface area contributed by atoms with Gasteiger partial charge in [0.15, 0.2) is 0 Å². The normalized spacial score (nSPS) is 10.7. The second-order valence-corrected chi connectivity index (χ2v) is 5.38. The number of nitrogens with one attached hydrogen (secondary N) is 2. The Hall–Kier alpha value is -3.04. The molecule has 0 aliphatic carbocycles. The Bertz CT molecular complexity index is 846. The van der Waals surface area contributed by atoms with Crippen LogP contribution in [0.15, 0.2) is 54.2 Å². The molecule has 0 radical (unpaired) electrons. The zero-order valence-electron chi connectivity index (χ0n) is 13.3. The van der Waals surface area contributed by atoms with E-state index in [1.54, 1.807) is 36.4 Å². The standard InChI is InChI=1S/C18H15ClFN3O2/c1-25-17-7-6-14(19)8-16(17)23-18(24)13(9-21)11-22-10-12-4-2-3-5-15(12)20/h2-8,11,22H,10H2,1H3,(H,23,24)/b13-11-. The molecule has 0 unspecified atom stereocenters. The van der Waals surface area contributed by atoms with Crippen molar-refractivity contribution in [3.05, 3.63) is 70.6 Å². The van der Waals surface area contributed by atoms with Crippen molar-refractivity contribution in [3.8, 4) is 11.8 Å². The van der Waals surface area contributed by atoms with E-state index in [1.807, 2.05) is 0 Å². The zero-order valence-corrected chi connectivity index (χ0v) is 14.1. The van der Waals surface area contributed by atoms with Crippen molar-refractivity contribution in [1.29, 1.82) is 5.26 Å². The fraction of sp³-hybridized carbons (Fsp3) is 0.111. The number of hydrogen-bond donors (Lipinski definition) is 2. The fourth-order valence-electron chi connectivity index (χ4n) is 2.02. The summed E-state index contributed by atoms with van der Waals surface area (Å²) in [6.07, 6.45) is 1.23. The number of methoxy groups -OCH3 is 1. The molecule has 0 spiro atoms. The highest BCUT2D eigenvalue weighted by atomic mass is 35.5. The van der Waals surface area contributed by atoms with Crippen molar-refractivity contribution < 1.29 is 13.9 Å². The summed E-state index contributed by atoms with van der Waals surface area (Å²) in [5.74, 6) is -0.589. The zero-order chi connectivity index (χ0) is 18.2. The van der Waals surface area contributed by atoms with E-state index in [0.29, 0.717) is 22.0 Å². The Balaban J connectivity index is 2.07. The van der Waals surface area contributed by atoms with E-state index in [0.717, 1.165) is 0 Å². The summed E-state index contributed by atoms with van der Waals surface area (Å²) in [5.41, 5.74) is 0.599. The average Bonchev–Trinajstić information content (AvgIpc) is 2.60. The predicted molar refractivity (Wildman–Crippen MR) is 93.6 cm³/mol. The van der Waals surface area contributed by atoms with Gasteiger partial charge in [0.25, 0.3) is 5.91 Å². The van der Waals surface area contributed by atoms with Crippen molar-refractivity contribution in [2.45, 2.75) is 6.54 Å². The Labute approximate surface area is 149 Å². The third-order valence-electron chi connectivity index (χ3n) is 3.27. The van der Waals surface area contributed by atoms with Gasteiger partial charge in [0, 0.05) is 23.3 Å². The molecular weight excluding hydrogens is 345 g/mol. The minimum atomic E-state index is -0.635. The van der Waals surface area contributed by atoms with Crippen molar-refractivity contribution in [1.82, 2.24) is 5.32 Å². The van der Waals surface area contributed by atoms with E-state index in [2.05, 4.69) is 10.6 Å². The summed E-state index contributed by atoms with van der Waals surface area (Å²) in [6.45, 7) is 0.144. The van der Waals surface area contributed by atoms with Crippen LogP contribution in [-0.4, -0.2) is 13.0 Å². The summed E-state index contributed by atoms with van der Waals surface area (Å²) in [4.78, 5) is 12.2. The quantitative estimate of drug-likeness (QED) is 0.610. The first-order chi connectivity index (χ1) is 12.0. The lowest BCUT2D eigenvalue weighted by atomic mass is 10.2. The van der Waals surface area contributed by atoms with Crippen LogP contribution in [0, 0.1) is 17.1 Å². The Morgan fingerprint density at radius 3 is 2.80 bits per heavy atom. The van der Waals surface area contributed by atoms with Crippen LogP contribution in [0.25, 0.3) is 0 Å². The summed E-state index contributed by atoms with van der Waals surface area (Å²) in [5, 5.41) is 14.9. The summed E-state index contributed by atoms with van der Waals surface area (Å²) in [6, 6.07) is 12.8. The van der Waals surface area contributed by atoms with E-state index in [4.69, 9.17) is 21.6 Å². The van der Waals surface area contributed by atoms with Crippen LogP contribution >= 0.6 is 11.6 Å². The van der Waals surface area contributed by atoms with Crippen molar-refractivity contribution in [2.75, 3.05) is 12.4 Å². The highest BCUT2D eigenvalue weighted by Crippen LogP contribution is 2.27. The maximum atomic E-state index is 13.5. The fourth-order valence-corrected chi connectivity index (χ4v) is 2.19. The molecule has 25 heavy (non-hydrogen) atoms. The lowest BCUT2D eigenvalue weighted by molar-refractivity contribution is -0.112. The summed E-state index contributed by atoms with van der Waals surface area (Å²) < 4.78 is 18.7. The summed E-state index contributed by atoms with van der Waals surface area (Å²) >= 11 is 5.90. The number of nitriles is 1. The number of hydrogen-bond acceptors (Lipinski definition) is 4. The lowest BCUT2D eigenvalue weighted by Gasteiger charge is -2.10. The van der Waals surface area contributed by atoms with E-state index in [-0.39, 0.29) is 17.9 Å². The number of halogens is 2. The molecule has 128 valence electrons. The third-order valence-corrected chi connectivity index (χ3v) is 3.51. The van der Waals surface area contributed by atoms with Crippen molar-refractivity contribution in [2.24, 2.45) is 0 Å². The minimum Gasteiger partial charge on any atom is -0.495 e. The molecule has 0 aliphatic heterocycles. The SMILES string of the molecule is COc1ccc(Cl)cc1NC(=O)/C(C#N)=C\NCc1ccccc1F. The molecule has 0 heterocycles. The van der Waals surface area contributed by atoms with Gasteiger partial charge >= 0.3 is 0 Å². The van der Waals surface area contributed by atoms with Crippen LogP contribution in [0.4, 0.5) is 10.1 Å². The van der Waals surface area contributed by atoms with Gasteiger partial charge in [-0.15, -0.1) is 0 Å². The maximum Gasteiger partial charge on any atom is 0.267 e. The molecule has 0 fully saturated rings. The van der Waals surface area contributed by atoms with Crippen LogP contribution in [0.3, 0.4) is 0 Å². The number of carbonyl (C=O) groups excluding carboxylic acids is 1. The van der Waals surface area contributed by atoms with E-state index < -0.39 is 5.91 Å². The highest BCUT2D eigenvalue weighted by molar-refractivity contribution is 6.31.